The number of rotatable bonds is 4. The Morgan fingerprint density at radius 1 is 1.58 bits per heavy atom. The fourth-order valence-corrected chi connectivity index (χ4v) is 3.87. The number of hydrogen-bond donors (Lipinski definition) is 1. The van der Waals surface area contributed by atoms with Crippen LogP contribution in [0, 0.1) is 0 Å². The number of thioether (sulfide) groups is 1. The van der Waals surface area contributed by atoms with Gasteiger partial charge < -0.3 is 14.4 Å². The molecule has 2 rings (SSSR count). The molecule has 5 nitrogen and oxygen atoms in total. The van der Waals surface area contributed by atoms with Crippen LogP contribution in [0.2, 0.25) is 0 Å². The lowest BCUT2D eigenvalue weighted by Gasteiger charge is -2.26. The highest BCUT2D eigenvalue weighted by Crippen LogP contribution is 2.34. The number of carboxylic acid groups (broad SMARTS) is 1. The van der Waals surface area contributed by atoms with Crippen LogP contribution in [0.25, 0.3) is 0 Å². The maximum absolute atomic E-state index is 12.4. The van der Waals surface area contributed by atoms with Crippen LogP contribution in [0.4, 0.5) is 0 Å². The number of halogens is 1. The van der Waals surface area contributed by atoms with Gasteiger partial charge in [-0.3, -0.25) is 4.79 Å². The maximum Gasteiger partial charge on any atom is 0.327 e. The zero-order valence-corrected chi connectivity index (χ0v) is 12.7. The van der Waals surface area contributed by atoms with E-state index in [9.17, 15) is 14.7 Å². The third-order valence-corrected chi connectivity index (χ3v) is 4.71. The van der Waals surface area contributed by atoms with Gasteiger partial charge in [-0.05, 0) is 34.5 Å². The Labute approximate surface area is 123 Å². The minimum Gasteiger partial charge on any atom is -0.480 e. The average molecular weight is 348 g/mol. The lowest BCUT2D eigenvalue weighted by Crippen LogP contribution is -2.45. The fourth-order valence-electron chi connectivity index (χ4n) is 2.05. The second-order valence-corrected chi connectivity index (χ2v) is 6.24. The van der Waals surface area contributed by atoms with Gasteiger partial charge in [-0.25, -0.2) is 4.79 Å². The van der Waals surface area contributed by atoms with E-state index in [0.29, 0.717) is 10.4 Å². The van der Waals surface area contributed by atoms with Crippen molar-refractivity contribution >= 4 is 39.6 Å². The molecule has 1 aromatic heterocycles. The SMILES string of the molecule is CCCC1SCC(C(=O)O)N1C(=O)c1ccc(Br)o1. The molecule has 19 heavy (non-hydrogen) atoms. The van der Waals surface area contributed by atoms with Gasteiger partial charge in [-0.2, -0.15) is 0 Å². The Balaban J connectivity index is 2.25. The molecule has 0 aliphatic carbocycles. The molecule has 2 unspecified atom stereocenters. The number of carbonyl (C=O) groups excluding carboxylic acids is 1. The van der Waals surface area contributed by atoms with E-state index in [4.69, 9.17) is 4.42 Å². The van der Waals surface area contributed by atoms with E-state index in [1.54, 1.807) is 12.1 Å². The Hall–Kier alpha value is -0.950. The molecule has 1 saturated heterocycles. The van der Waals surface area contributed by atoms with E-state index in [1.165, 1.54) is 16.7 Å². The summed E-state index contributed by atoms with van der Waals surface area (Å²) in [4.78, 5) is 25.1. The monoisotopic (exact) mass is 347 g/mol. The number of nitrogens with zero attached hydrogens (tertiary/aromatic N) is 1. The molecule has 1 aromatic rings. The summed E-state index contributed by atoms with van der Waals surface area (Å²) in [6, 6.07) is 2.40. The van der Waals surface area contributed by atoms with Crippen molar-refractivity contribution in [3.05, 3.63) is 22.6 Å². The van der Waals surface area contributed by atoms with Crippen LogP contribution in [0.1, 0.15) is 30.3 Å². The molecule has 7 heteroatoms. The fraction of sp³-hybridized carbons (Fsp3) is 0.500. The van der Waals surface area contributed by atoms with Crippen molar-refractivity contribution in [3.8, 4) is 0 Å². The van der Waals surface area contributed by atoms with Gasteiger partial charge in [-0.15, -0.1) is 11.8 Å². The molecule has 2 atom stereocenters. The lowest BCUT2D eigenvalue weighted by atomic mass is 10.2. The van der Waals surface area contributed by atoms with Crippen LogP contribution in [0.5, 0.6) is 0 Å². The zero-order valence-electron chi connectivity index (χ0n) is 10.3. The van der Waals surface area contributed by atoms with Crippen LogP contribution < -0.4 is 0 Å². The van der Waals surface area contributed by atoms with Gasteiger partial charge in [0.15, 0.2) is 10.4 Å². The Bertz CT molecular complexity index is 490. The number of furan rings is 1. The van der Waals surface area contributed by atoms with Gasteiger partial charge in [0.2, 0.25) is 0 Å². The smallest absolute Gasteiger partial charge is 0.327 e. The van der Waals surface area contributed by atoms with Gasteiger partial charge >= 0.3 is 5.97 Å². The van der Waals surface area contributed by atoms with Gasteiger partial charge in [-0.1, -0.05) is 13.3 Å². The first-order valence-corrected chi connectivity index (χ1v) is 7.81. The quantitative estimate of drug-likeness (QED) is 0.906. The van der Waals surface area contributed by atoms with Crippen LogP contribution in [-0.4, -0.2) is 39.1 Å². The summed E-state index contributed by atoms with van der Waals surface area (Å²) in [6.07, 6.45) is 1.68. The van der Waals surface area contributed by atoms with E-state index < -0.39 is 12.0 Å². The van der Waals surface area contributed by atoms with Crippen molar-refractivity contribution in [2.24, 2.45) is 0 Å². The molecular weight excluding hydrogens is 334 g/mol. The number of carboxylic acids is 1. The number of aliphatic carboxylic acids is 1. The first-order chi connectivity index (χ1) is 9.04. The molecule has 2 heterocycles. The third kappa shape index (κ3) is 2.97. The van der Waals surface area contributed by atoms with Crippen molar-refractivity contribution < 1.29 is 19.1 Å². The Morgan fingerprint density at radius 2 is 2.32 bits per heavy atom. The molecule has 0 spiro atoms. The molecule has 1 amide bonds. The zero-order chi connectivity index (χ0) is 14.0. The molecule has 1 aliphatic heterocycles. The van der Waals surface area contributed by atoms with E-state index in [0.717, 1.165) is 12.8 Å². The van der Waals surface area contributed by atoms with Gasteiger partial charge in [0.25, 0.3) is 5.91 Å². The Kier molecular flexibility index (Phi) is 4.57. The van der Waals surface area contributed by atoms with Gasteiger partial charge in [0, 0.05) is 5.75 Å². The summed E-state index contributed by atoms with van der Waals surface area (Å²) >= 11 is 4.65. The number of amides is 1. The van der Waals surface area contributed by atoms with Crippen LogP contribution >= 0.6 is 27.7 Å². The predicted octanol–water partition coefficient (Wildman–Crippen LogP) is 2.81. The largest absolute Gasteiger partial charge is 0.480 e. The van der Waals surface area contributed by atoms with Crippen molar-refractivity contribution in [2.45, 2.75) is 31.2 Å². The lowest BCUT2D eigenvalue weighted by molar-refractivity contribution is -0.141. The highest BCUT2D eigenvalue weighted by Gasteiger charge is 2.42. The molecule has 1 fully saturated rings. The highest BCUT2D eigenvalue weighted by molar-refractivity contribution is 9.10. The second kappa shape index (κ2) is 6.00. The number of carbonyl (C=O) groups is 2. The molecule has 0 bridgehead atoms. The minimum atomic E-state index is -0.968. The van der Waals surface area contributed by atoms with Crippen LogP contribution in [-0.2, 0) is 4.79 Å². The second-order valence-electron chi connectivity index (χ2n) is 4.25. The summed E-state index contributed by atoms with van der Waals surface area (Å²) < 4.78 is 5.70. The van der Waals surface area contributed by atoms with E-state index >= 15 is 0 Å². The molecule has 104 valence electrons. The summed E-state index contributed by atoms with van der Waals surface area (Å²) in [6.45, 7) is 2.01. The van der Waals surface area contributed by atoms with Crippen molar-refractivity contribution in [1.29, 1.82) is 0 Å². The van der Waals surface area contributed by atoms with E-state index in [1.807, 2.05) is 6.92 Å². The van der Waals surface area contributed by atoms with Crippen molar-refractivity contribution in [1.82, 2.24) is 4.90 Å². The topological polar surface area (TPSA) is 70.8 Å². The summed E-state index contributed by atoms with van der Waals surface area (Å²) in [5, 5.41) is 9.13. The molecule has 0 radical (unpaired) electrons. The maximum atomic E-state index is 12.4. The highest BCUT2D eigenvalue weighted by atomic mass is 79.9. The molecule has 1 N–H and O–H groups in total. The molecule has 0 aromatic carbocycles. The van der Waals surface area contributed by atoms with Gasteiger partial charge in [0.05, 0.1) is 5.37 Å². The van der Waals surface area contributed by atoms with Crippen molar-refractivity contribution in [2.75, 3.05) is 5.75 Å². The summed E-state index contributed by atoms with van der Waals surface area (Å²) in [5.41, 5.74) is 0. The van der Waals surface area contributed by atoms with Gasteiger partial charge in [0.1, 0.15) is 6.04 Å². The average Bonchev–Trinajstić information content (AvgIpc) is 2.95. The third-order valence-electron chi connectivity index (χ3n) is 2.93. The summed E-state index contributed by atoms with van der Waals surface area (Å²) in [7, 11) is 0. The predicted molar refractivity (Wildman–Crippen MR) is 75.2 cm³/mol. The van der Waals surface area contributed by atoms with Crippen molar-refractivity contribution in [3.63, 3.8) is 0 Å². The first-order valence-electron chi connectivity index (χ1n) is 5.97. The Morgan fingerprint density at radius 3 is 2.84 bits per heavy atom. The van der Waals surface area contributed by atoms with E-state index in [2.05, 4.69) is 15.9 Å². The number of hydrogen-bond acceptors (Lipinski definition) is 4. The standard InChI is InChI=1S/C12H14BrNO4S/c1-2-3-10-14(7(6-19-10)12(16)17)11(15)8-4-5-9(13)18-8/h4-5,7,10H,2-3,6H2,1H3,(H,16,17). The first kappa shape index (κ1) is 14.5. The van der Waals surface area contributed by atoms with Crippen LogP contribution in [0.15, 0.2) is 21.2 Å². The van der Waals surface area contributed by atoms with E-state index in [-0.39, 0.29) is 17.0 Å². The summed E-state index contributed by atoms with van der Waals surface area (Å²) in [5.74, 6) is -0.735. The molecule has 1 aliphatic rings. The van der Waals surface area contributed by atoms with Crippen LogP contribution in [0.3, 0.4) is 0 Å². The minimum absolute atomic E-state index is 0.0949. The molecule has 0 saturated carbocycles. The molecular formula is C12H14BrNO4S. The normalized spacial score (nSPS) is 22.7.